The van der Waals surface area contributed by atoms with Crippen molar-refractivity contribution in [3.05, 3.63) is 59.3 Å². The van der Waals surface area contributed by atoms with Gasteiger partial charge in [0.15, 0.2) is 0 Å². The van der Waals surface area contributed by atoms with E-state index in [1.54, 1.807) is 6.20 Å². The van der Waals surface area contributed by atoms with Gasteiger partial charge in [0, 0.05) is 24.4 Å². The second-order valence-corrected chi connectivity index (χ2v) is 5.22. The van der Waals surface area contributed by atoms with E-state index in [4.69, 9.17) is 4.74 Å². The van der Waals surface area contributed by atoms with Crippen molar-refractivity contribution in [2.24, 2.45) is 0 Å². The first kappa shape index (κ1) is 15.0. The van der Waals surface area contributed by atoms with Crippen molar-refractivity contribution in [2.45, 2.75) is 33.4 Å². The van der Waals surface area contributed by atoms with Crippen molar-refractivity contribution in [2.75, 3.05) is 0 Å². The van der Waals surface area contributed by atoms with Gasteiger partial charge >= 0.3 is 0 Å². The fraction of sp³-hybridized carbons (Fsp3) is 0.294. The molecule has 21 heavy (non-hydrogen) atoms. The zero-order valence-corrected chi connectivity index (χ0v) is 12.6. The number of nitrogens with zero attached hydrogens (tertiary/aromatic N) is 1. The monoisotopic (exact) mass is 284 g/mol. The van der Waals surface area contributed by atoms with Crippen molar-refractivity contribution in [3.8, 4) is 5.88 Å². The topological polar surface area (TPSA) is 51.2 Å². The molecule has 0 unspecified atom stereocenters. The first-order chi connectivity index (χ1) is 10.0. The number of aryl methyl sites for hydroxylation is 1. The molecule has 0 saturated heterocycles. The SMILES string of the molecule is Cc1ccc(C(=O)NCc2ccc(OC(C)C)nc2)cc1. The van der Waals surface area contributed by atoms with Gasteiger partial charge in [0.25, 0.3) is 5.91 Å². The minimum Gasteiger partial charge on any atom is -0.475 e. The number of hydrogen-bond acceptors (Lipinski definition) is 3. The molecule has 0 aliphatic heterocycles. The summed E-state index contributed by atoms with van der Waals surface area (Å²) in [6.45, 7) is 6.35. The second-order valence-electron chi connectivity index (χ2n) is 5.22. The van der Waals surface area contributed by atoms with Gasteiger partial charge in [0.1, 0.15) is 0 Å². The Morgan fingerprint density at radius 2 is 1.90 bits per heavy atom. The van der Waals surface area contributed by atoms with E-state index in [1.165, 1.54) is 0 Å². The predicted octanol–water partition coefficient (Wildman–Crippen LogP) is 3.11. The molecule has 4 heteroatoms. The fourth-order valence-corrected chi connectivity index (χ4v) is 1.82. The highest BCUT2D eigenvalue weighted by Crippen LogP contribution is 2.10. The summed E-state index contributed by atoms with van der Waals surface area (Å²) in [5.74, 6) is 0.510. The van der Waals surface area contributed by atoms with Crippen LogP contribution >= 0.6 is 0 Å². The Morgan fingerprint density at radius 1 is 1.19 bits per heavy atom. The number of carbonyl (C=O) groups is 1. The molecule has 1 amide bonds. The lowest BCUT2D eigenvalue weighted by atomic mass is 10.1. The van der Waals surface area contributed by atoms with Crippen LogP contribution in [0.4, 0.5) is 0 Å². The van der Waals surface area contributed by atoms with Gasteiger partial charge in [-0.1, -0.05) is 23.8 Å². The molecule has 0 fully saturated rings. The highest BCUT2D eigenvalue weighted by atomic mass is 16.5. The summed E-state index contributed by atoms with van der Waals surface area (Å²) in [7, 11) is 0. The number of hydrogen-bond donors (Lipinski definition) is 1. The normalized spacial score (nSPS) is 10.5. The summed E-state index contributed by atoms with van der Waals surface area (Å²) < 4.78 is 5.48. The number of benzene rings is 1. The van der Waals surface area contributed by atoms with E-state index >= 15 is 0 Å². The zero-order chi connectivity index (χ0) is 15.2. The second kappa shape index (κ2) is 6.88. The number of pyridine rings is 1. The fourth-order valence-electron chi connectivity index (χ4n) is 1.82. The van der Waals surface area contributed by atoms with Crippen LogP contribution in [-0.4, -0.2) is 17.0 Å². The summed E-state index contributed by atoms with van der Waals surface area (Å²) in [4.78, 5) is 16.2. The highest BCUT2D eigenvalue weighted by Gasteiger charge is 2.05. The summed E-state index contributed by atoms with van der Waals surface area (Å²) >= 11 is 0. The number of aromatic nitrogens is 1. The van der Waals surface area contributed by atoms with Crippen molar-refractivity contribution in [1.82, 2.24) is 10.3 Å². The molecule has 4 nitrogen and oxygen atoms in total. The van der Waals surface area contributed by atoms with Crippen LogP contribution in [-0.2, 0) is 6.54 Å². The van der Waals surface area contributed by atoms with Crippen LogP contribution in [0.3, 0.4) is 0 Å². The lowest BCUT2D eigenvalue weighted by Crippen LogP contribution is -2.22. The number of nitrogens with one attached hydrogen (secondary N) is 1. The van der Waals surface area contributed by atoms with Gasteiger partial charge in [-0.25, -0.2) is 4.98 Å². The third kappa shape index (κ3) is 4.60. The van der Waals surface area contributed by atoms with Crippen LogP contribution in [0.1, 0.15) is 35.3 Å². The predicted molar refractivity (Wildman–Crippen MR) is 82.4 cm³/mol. The van der Waals surface area contributed by atoms with E-state index in [2.05, 4.69) is 10.3 Å². The molecule has 1 aromatic heterocycles. The van der Waals surface area contributed by atoms with Crippen LogP contribution in [0.25, 0.3) is 0 Å². The van der Waals surface area contributed by atoms with Gasteiger partial charge in [-0.2, -0.15) is 0 Å². The van der Waals surface area contributed by atoms with Gasteiger partial charge in [0.05, 0.1) is 6.10 Å². The van der Waals surface area contributed by atoms with Crippen molar-refractivity contribution in [1.29, 1.82) is 0 Å². The van der Waals surface area contributed by atoms with E-state index in [-0.39, 0.29) is 12.0 Å². The van der Waals surface area contributed by atoms with Crippen LogP contribution < -0.4 is 10.1 Å². The lowest BCUT2D eigenvalue weighted by Gasteiger charge is -2.09. The molecule has 0 atom stereocenters. The maximum Gasteiger partial charge on any atom is 0.251 e. The minimum atomic E-state index is -0.0856. The van der Waals surface area contributed by atoms with Crippen LogP contribution in [0.15, 0.2) is 42.6 Å². The number of amides is 1. The average molecular weight is 284 g/mol. The van der Waals surface area contributed by atoms with E-state index in [9.17, 15) is 4.79 Å². The summed E-state index contributed by atoms with van der Waals surface area (Å²) in [5, 5.41) is 2.88. The molecule has 0 spiro atoms. The van der Waals surface area contributed by atoms with Crippen LogP contribution in [0.2, 0.25) is 0 Å². The van der Waals surface area contributed by atoms with Crippen LogP contribution in [0.5, 0.6) is 5.88 Å². The first-order valence-electron chi connectivity index (χ1n) is 7.01. The van der Waals surface area contributed by atoms with E-state index in [1.807, 2.05) is 57.2 Å². The Kier molecular flexibility index (Phi) is 4.93. The van der Waals surface area contributed by atoms with Gasteiger partial charge in [-0.3, -0.25) is 4.79 Å². The van der Waals surface area contributed by atoms with Crippen molar-refractivity contribution in [3.63, 3.8) is 0 Å². The Hall–Kier alpha value is -2.36. The third-order valence-corrected chi connectivity index (χ3v) is 2.92. The number of carbonyl (C=O) groups excluding carboxylic acids is 1. The Labute approximate surface area is 125 Å². The van der Waals surface area contributed by atoms with E-state index < -0.39 is 0 Å². The smallest absolute Gasteiger partial charge is 0.251 e. The maximum absolute atomic E-state index is 12.0. The quantitative estimate of drug-likeness (QED) is 0.918. The molecule has 0 bridgehead atoms. The van der Waals surface area contributed by atoms with Crippen molar-refractivity contribution >= 4 is 5.91 Å². The van der Waals surface area contributed by atoms with Crippen molar-refractivity contribution < 1.29 is 9.53 Å². The molecule has 0 aliphatic carbocycles. The minimum absolute atomic E-state index is 0.0856. The van der Waals surface area contributed by atoms with Gasteiger partial charge in [0.2, 0.25) is 5.88 Å². The summed E-state index contributed by atoms with van der Waals surface area (Å²) in [6.07, 6.45) is 1.82. The molecule has 2 aromatic rings. The lowest BCUT2D eigenvalue weighted by molar-refractivity contribution is 0.0951. The van der Waals surface area contributed by atoms with Gasteiger partial charge in [-0.15, -0.1) is 0 Å². The number of rotatable bonds is 5. The molecule has 110 valence electrons. The molecular formula is C17H20N2O2. The molecule has 2 rings (SSSR count). The Bertz CT molecular complexity index is 589. The molecule has 0 saturated carbocycles. The number of ether oxygens (including phenoxy) is 1. The Morgan fingerprint density at radius 3 is 2.48 bits per heavy atom. The summed E-state index contributed by atoms with van der Waals surface area (Å²) in [6, 6.07) is 11.2. The Balaban J connectivity index is 1.90. The van der Waals surface area contributed by atoms with Gasteiger partial charge in [-0.05, 0) is 38.5 Å². The largest absolute Gasteiger partial charge is 0.475 e. The molecule has 1 N–H and O–H groups in total. The van der Waals surface area contributed by atoms with Crippen LogP contribution in [0, 0.1) is 6.92 Å². The average Bonchev–Trinajstić information content (AvgIpc) is 2.46. The maximum atomic E-state index is 12.0. The molecule has 1 heterocycles. The molecule has 0 radical (unpaired) electrons. The highest BCUT2D eigenvalue weighted by molar-refractivity contribution is 5.94. The molecule has 0 aliphatic rings. The molecule has 1 aromatic carbocycles. The standard InChI is InChI=1S/C17H20N2O2/c1-12(2)21-16-9-6-14(10-18-16)11-19-17(20)15-7-4-13(3)5-8-15/h4-10,12H,11H2,1-3H3,(H,19,20). The third-order valence-electron chi connectivity index (χ3n) is 2.92. The first-order valence-corrected chi connectivity index (χ1v) is 7.01. The zero-order valence-electron chi connectivity index (χ0n) is 12.6. The summed E-state index contributed by atoms with van der Waals surface area (Å²) in [5.41, 5.74) is 2.73. The molecular weight excluding hydrogens is 264 g/mol. The van der Waals surface area contributed by atoms with Gasteiger partial charge < -0.3 is 10.1 Å². The van der Waals surface area contributed by atoms with E-state index in [0.29, 0.717) is 18.0 Å². The van der Waals surface area contributed by atoms with E-state index in [0.717, 1.165) is 11.1 Å².